The maximum atomic E-state index is 12.6. The van der Waals surface area contributed by atoms with E-state index in [1.165, 1.54) is 35.1 Å². The average Bonchev–Trinajstić information content (AvgIpc) is 3.33. The number of aliphatic carboxylic acids is 1. The van der Waals surface area contributed by atoms with Gasteiger partial charge >= 0.3 is 5.97 Å². The fraction of sp³-hybridized carbons (Fsp3) is 0.520. The molecule has 0 bridgehead atoms. The minimum atomic E-state index is -0.716. The zero-order valence-electron chi connectivity index (χ0n) is 17.3. The molecule has 0 saturated heterocycles. The standard InChI is InChI=1S/C25H32O3S/c1-2-3-4-5-7-18-10-12-20(13-11-18)24-19(14-16-22(24)26)8-6-9-21-15-17-23(29-21)25(27)28/h5,7,10-13,15,19,23-24H,2-4,6,8-9,14,16-17H2,1H3,(H,27,28)/t19-,23?,24?/m0/s1. The van der Waals surface area contributed by atoms with Crippen molar-refractivity contribution in [3.05, 3.63) is 52.4 Å². The van der Waals surface area contributed by atoms with Gasteiger partial charge in [0, 0.05) is 12.3 Å². The summed E-state index contributed by atoms with van der Waals surface area (Å²) in [5.41, 5.74) is 2.36. The molecule has 0 spiro atoms. The lowest BCUT2D eigenvalue weighted by Crippen LogP contribution is -2.13. The van der Waals surface area contributed by atoms with Crippen LogP contribution >= 0.6 is 11.8 Å². The third-order valence-corrected chi connectivity index (χ3v) is 7.39. The predicted octanol–water partition coefficient (Wildman–Crippen LogP) is 6.60. The summed E-state index contributed by atoms with van der Waals surface area (Å²) in [6.07, 6.45) is 15.3. The minimum Gasteiger partial charge on any atom is -0.480 e. The van der Waals surface area contributed by atoms with E-state index in [-0.39, 0.29) is 11.2 Å². The SMILES string of the molecule is CCCCC=Cc1ccc(C2C(=O)CC[C@@H]2CCCC2=CCC(C(=O)O)S2)cc1. The van der Waals surface area contributed by atoms with Crippen LogP contribution in [0.15, 0.2) is 41.3 Å². The molecule has 4 heteroatoms. The maximum Gasteiger partial charge on any atom is 0.317 e. The monoisotopic (exact) mass is 412 g/mol. The third-order valence-electron chi connectivity index (χ3n) is 6.04. The summed E-state index contributed by atoms with van der Waals surface area (Å²) < 4.78 is 0. The summed E-state index contributed by atoms with van der Waals surface area (Å²) in [5, 5.41) is 8.81. The van der Waals surface area contributed by atoms with Crippen molar-refractivity contribution in [3.63, 3.8) is 0 Å². The van der Waals surface area contributed by atoms with Crippen molar-refractivity contribution >= 4 is 29.6 Å². The molecule has 3 nitrogen and oxygen atoms in total. The van der Waals surface area contributed by atoms with Crippen LogP contribution in [0.5, 0.6) is 0 Å². The minimum absolute atomic E-state index is 0.0325. The number of thioether (sulfide) groups is 1. The Hall–Kier alpha value is -1.81. The number of carboxylic acid groups (broad SMARTS) is 1. The van der Waals surface area contributed by atoms with Crippen molar-refractivity contribution in [1.82, 2.24) is 0 Å². The number of hydrogen-bond acceptors (Lipinski definition) is 3. The van der Waals surface area contributed by atoms with E-state index < -0.39 is 5.97 Å². The lowest BCUT2D eigenvalue weighted by molar-refractivity contribution is -0.136. The van der Waals surface area contributed by atoms with Gasteiger partial charge in [0.25, 0.3) is 0 Å². The molecule has 0 amide bonds. The largest absolute Gasteiger partial charge is 0.480 e. The first-order chi connectivity index (χ1) is 14.1. The zero-order chi connectivity index (χ0) is 20.6. The van der Waals surface area contributed by atoms with E-state index in [9.17, 15) is 9.59 Å². The van der Waals surface area contributed by atoms with Gasteiger partial charge in [-0.2, -0.15) is 0 Å². The molecule has 1 fully saturated rings. The topological polar surface area (TPSA) is 54.4 Å². The first-order valence-electron chi connectivity index (χ1n) is 11.0. The van der Waals surface area contributed by atoms with Crippen LogP contribution in [0.25, 0.3) is 6.08 Å². The lowest BCUT2D eigenvalue weighted by Gasteiger charge is -2.19. The first-order valence-corrected chi connectivity index (χ1v) is 11.8. The molecule has 1 aliphatic heterocycles. The van der Waals surface area contributed by atoms with Crippen LogP contribution in [0.1, 0.15) is 81.8 Å². The molecular formula is C25H32O3S. The summed E-state index contributed by atoms with van der Waals surface area (Å²) in [7, 11) is 0. The summed E-state index contributed by atoms with van der Waals surface area (Å²) >= 11 is 1.50. The Morgan fingerprint density at radius 1 is 1.24 bits per heavy atom. The fourth-order valence-electron chi connectivity index (χ4n) is 4.41. The van der Waals surface area contributed by atoms with Gasteiger partial charge in [0.1, 0.15) is 11.0 Å². The van der Waals surface area contributed by atoms with Gasteiger partial charge in [-0.15, -0.1) is 11.8 Å². The quantitative estimate of drug-likeness (QED) is 0.440. The zero-order valence-corrected chi connectivity index (χ0v) is 18.1. The summed E-state index contributed by atoms with van der Waals surface area (Å²) in [6.45, 7) is 2.20. The number of carboxylic acids is 1. The van der Waals surface area contributed by atoms with Crippen molar-refractivity contribution in [3.8, 4) is 0 Å². The lowest BCUT2D eigenvalue weighted by atomic mass is 9.85. The summed E-state index contributed by atoms with van der Waals surface area (Å²) in [5.74, 6) is 0.105. The molecule has 156 valence electrons. The molecular weight excluding hydrogens is 380 g/mol. The second kappa shape index (κ2) is 10.8. The van der Waals surface area contributed by atoms with Gasteiger partial charge in [0.15, 0.2) is 0 Å². The van der Waals surface area contributed by atoms with Gasteiger partial charge in [0.05, 0.1) is 0 Å². The van der Waals surface area contributed by atoms with E-state index in [0.29, 0.717) is 24.5 Å². The van der Waals surface area contributed by atoms with Crippen molar-refractivity contribution in [1.29, 1.82) is 0 Å². The Morgan fingerprint density at radius 2 is 2.03 bits per heavy atom. The molecule has 1 heterocycles. The van der Waals surface area contributed by atoms with Crippen molar-refractivity contribution in [2.24, 2.45) is 5.92 Å². The maximum absolute atomic E-state index is 12.6. The van der Waals surface area contributed by atoms with Crippen molar-refractivity contribution in [2.45, 2.75) is 75.9 Å². The van der Waals surface area contributed by atoms with Crippen LogP contribution in [0.4, 0.5) is 0 Å². The van der Waals surface area contributed by atoms with Gasteiger partial charge in [-0.3, -0.25) is 9.59 Å². The predicted molar refractivity (Wildman–Crippen MR) is 121 cm³/mol. The number of rotatable bonds is 10. The van der Waals surface area contributed by atoms with Gasteiger partial charge in [0.2, 0.25) is 0 Å². The molecule has 1 N–H and O–H groups in total. The van der Waals surface area contributed by atoms with Gasteiger partial charge < -0.3 is 5.11 Å². The highest BCUT2D eigenvalue weighted by Crippen LogP contribution is 2.41. The fourth-order valence-corrected chi connectivity index (χ4v) is 5.52. The number of unbranched alkanes of at least 4 members (excludes halogenated alkanes) is 2. The molecule has 1 aromatic rings. The number of ketones is 1. The molecule has 0 radical (unpaired) electrons. The van der Waals surface area contributed by atoms with Gasteiger partial charge in [-0.05, 0) is 60.5 Å². The molecule has 29 heavy (non-hydrogen) atoms. The molecule has 3 atom stereocenters. The van der Waals surface area contributed by atoms with E-state index in [1.807, 2.05) is 0 Å². The van der Waals surface area contributed by atoms with Gasteiger partial charge in [-0.1, -0.05) is 62.3 Å². The van der Waals surface area contributed by atoms with Crippen LogP contribution in [0.2, 0.25) is 0 Å². The van der Waals surface area contributed by atoms with Crippen LogP contribution in [0, 0.1) is 5.92 Å². The number of allylic oxidation sites excluding steroid dienone is 3. The molecule has 3 rings (SSSR count). The number of carbonyl (C=O) groups is 2. The smallest absolute Gasteiger partial charge is 0.317 e. The molecule has 2 unspecified atom stereocenters. The van der Waals surface area contributed by atoms with Crippen molar-refractivity contribution < 1.29 is 14.7 Å². The summed E-state index contributed by atoms with van der Waals surface area (Å²) in [4.78, 5) is 24.8. The highest BCUT2D eigenvalue weighted by Gasteiger charge is 2.35. The van der Waals surface area contributed by atoms with Crippen LogP contribution < -0.4 is 0 Å². The van der Waals surface area contributed by atoms with E-state index in [2.05, 4.69) is 49.4 Å². The number of benzene rings is 1. The van der Waals surface area contributed by atoms with Crippen LogP contribution in [-0.4, -0.2) is 22.1 Å². The number of Topliss-reactive ketones (excluding diaryl/α,β-unsaturated/α-hetero) is 1. The molecule has 1 aromatic carbocycles. The second-order valence-corrected chi connectivity index (χ2v) is 9.53. The third kappa shape index (κ3) is 6.08. The van der Waals surface area contributed by atoms with E-state index in [0.717, 1.165) is 37.7 Å². The van der Waals surface area contributed by atoms with Crippen LogP contribution in [-0.2, 0) is 9.59 Å². The van der Waals surface area contributed by atoms with E-state index in [1.54, 1.807) is 0 Å². The Bertz CT molecular complexity index is 763. The molecule has 2 aliphatic rings. The number of carbonyl (C=O) groups excluding carboxylic acids is 1. The van der Waals surface area contributed by atoms with E-state index >= 15 is 0 Å². The summed E-state index contributed by atoms with van der Waals surface area (Å²) in [6, 6.07) is 8.53. The Labute approximate surface area is 178 Å². The Kier molecular flexibility index (Phi) is 8.17. The average molecular weight is 413 g/mol. The Balaban J connectivity index is 1.52. The number of hydrogen-bond donors (Lipinski definition) is 1. The van der Waals surface area contributed by atoms with E-state index in [4.69, 9.17) is 5.11 Å². The van der Waals surface area contributed by atoms with Gasteiger partial charge in [-0.25, -0.2) is 0 Å². The Morgan fingerprint density at radius 3 is 2.72 bits per heavy atom. The van der Waals surface area contributed by atoms with Crippen LogP contribution in [0.3, 0.4) is 0 Å². The highest BCUT2D eigenvalue weighted by molar-refractivity contribution is 8.04. The second-order valence-electron chi connectivity index (χ2n) is 8.20. The van der Waals surface area contributed by atoms with Crippen molar-refractivity contribution in [2.75, 3.05) is 0 Å². The molecule has 1 aliphatic carbocycles. The molecule has 0 aromatic heterocycles. The normalized spacial score (nSPS) is 24.4. The first kappa shape index (κ1) is 21.9. The highest BCUT2D eigenvalue weighted by atomic mass is 32.2. The molecule has 1 saturated carbocycles.